The molecule has 0 saturated carbocycles. The molecule has 3 aromatic rings. The summed E-state index contributed by atoms with van der Waals surface area (Å²) in [5.41, 5.74) is 2.70. The molecule has 1 amide bonds. The maximum Gasteiger partial charge on any atom is 0.261 e. The van der Waals surface area contributed by atoms with Gasteiger partial charge in [-0.1, -0.05) is 6.07 Å². The quantitative estimate of drug-likeness (QED) is 0.616. The Morgan fingerprint density at radius 2 is 1.50 bits per heavy atom. The van der Waals surface area contributed by atoms with E-state index in [1.165, 1.54) is 24.3 Å². The van der Waals surface area contributed by atoms with Crippen LogP contribution < -0.4 is 14.9 Å². The SMILES string of the molecule is Cc1ccc(S(=O)(=O)Nc2ccc(F)cc2)cc1C(=O)Nc1ccc(N(C)C)cc1. The second kappa shape index (κ2) is 8.54. The first-order chi connectivity index (χ1) is 14.2. The number of nitrogens with one attached hydrogen (secondary N) is 2. The Kier molecular flexibility index (Phi) is 6.07. The minimum atomic E-state index is -3.94. The molecule has 8 heteroatoms. The minimum Gasteiger partial charge on any atom is -0.378 e. The third kappa shape index (κ3) is 4.96. The molecule has 3 aromatic carbocycles. The molecule has 0 aliphatic heterocycles. The van der Waals surface area contributed by atoms with Crippen molar-refractivity contribution >= 4 is 33.0 Å². The van der Waals surface area contributed by atoms with Crippen LogP contribution in [0.2, 0.25) is 0 Å². The maximum atomic E-state index is 13.0. The summed E-state index contributed by atoms with van der Waals surface area (Å²) in [4.78, 5) is 14.6. The molecule has 0 unspecified atom stereocenters. The van der Waals surface area contributed by atoms with Crippen LogP contribution in [0.3, 0.4) is 0 Å². The number of benzene rings is 3. The highest BCUT2D eigenvalue weighted by atomic mass is 32.2. The lowest BCUT2D eigenvalue weighted by Gasteiger charge is -2.14. The zero-order chi connectivity index (χ0) is 21.9. The molecule has 0 fully saturated rings. The molecule has 156 valence electrons. The second-order valence-corrected chi connectivity index (χ2v) is 8.67. The number of carbonyl (C=O) groups excluding carboxylic acids is 1. The first-order valence-corrected chi connectivity index (χ1v) is 10.6. The van der Waals surface area contributed by atoms with Crippen molar-refractivity contribution in [2.24, 2.45) is 0 Å². The van der Waals surface area contributed by atoms with Crippen molar-refractivity contribution in [2.75, 3.05) is 29.0 Å². The number of rotatable bonds is 6. The van der Waals surface area contributed by atoms with E-state index in [1.807, 2.05) is 31.1 Å². The molecule has 0 radical (unpaired) electrons. The van der Waals surface area contributed by atoms with Crippen molar-refractivity contribution in [3.63, 3.8) is 0 Å². The summed E-state index contributed by atoms with van der Waals surface area (Å²) in [6.45, 7) is 1.73. The van der Waals surface area contributed by atoms with Gasteiger partial charge in [-0.15, -0.1) is 0 Å². The van der Waals surface area contributed by atoms with Crippen LogP contribution in [0.15, 0.2) is 71.6 Å². The number of carbonyl (C=O) groups is 1. The zero-order valence-corrected chi connectivity index (χ0v) is 17.6. The van der Waals surface area contributed by atoms with Crippen molar-refractivity contribution < 1.29 is 17.6 Å². The number of sulfonamides is 1. The third-order valence-electron chi connectivity index (χ3n) is 4.50. The standard InChI is InChI=1S/C22H22FN3O3S/c1-15-4-13-20(30(28,29)25-18-7-5-16(23)6-8-18)14-21(15)22(27)24-17-9-11-19(12-10-17)26(2)3/h4-14,25H,1-3H3,(H,24,27). The largest absolute Gasteiger partial charge is 0.378 e. The molecule has 0 aliphatic rings. The fourth-order valence-electron chi connectivity index (χ4n) is 2.79. The summed E-state index contributed by atoms with van der Waals surface area (Å²) >= 11 is 0. The number of hydrogen-bond acceptors (Lipinski definition) is 4. The predicted octanol–water partition coefficient (Wildman–Crippen LogP) is 4.25. The van der Waals surface area contributed by atoms with Crippen molar-refractivity contribution in [3.8, 4) is 0 Å². The molecule has 0 aliphatic carbocycles. The first-order valence-electron chi connectivity index (χ1n) is 9.13. The highest BCUT2D eigenvalue weighted by Crippen LogP contribution is 2.21. The molecule has 2 N–H and O–H groups in total. The van der Waals surface area contributed by atoms with E-state index in [9.17, 15) is 17.6 Å². The van der Waals surface area contributed by atoms with E-state index in [-0.39, 0.29) is 16.1 Å². The summed E-state index contributed by atoms with van der Waals surface area (Å²) < 4.78 is 40.8. The molecule has 0 spiro atoms. The topological polar surface area (TPSA) is 78.5 Å². The van der Waals surface area contributed by atoms with Crippen LogP contribution in [-0.2, 0) is 10.0 Å². The lowest BCUT2D eigenvalue weighted by Crippen LogP contribution is -2.17. The van der Waals surface area contributed by atoms with Gasteiger partial charge in [0, 0.05) is 36.7 Å². The number of nitrogens with zero attached hydrogens (tertiary/aromatic N) is 1. The number of hydrogen-bond donors (Lipinski definition) is 2. The molecule has 0 atom stereocenters. The van der Waals surface area contributed by atoms with Crippen LogP contribution in [0.1, 0.15) is 15.9 Å². The average molecular weight is 428 g/mol. The highest BCUT2D eigenvalue weighted by Gasteiger charge is 2.18. The van der Waals surface area contributed by atoms with Gasteiger partial charge in [-0.3, -0.25) is 9.52 Å². The summed E-state index contributed by atoms with van der Waals surface area (Å²) in [5, 5.41) is 2.79. The number of amides is 1. The lowest BCUT2D eigenvalue weighted by atomic mass is 10.1. The van der Waals surface area contributed by atoms with Gasteiger partial charge in [-0.05, 0) is 73.2 Å². The van der Waals surface area contributed by atoms with Crippen LogP contribution in [0.4, 0.5) is 21.5 Å². The molecule has 30 heavy (non-hydrogen) atoms. The van der Waals surface area contributed by atoms with Gasteiger partial charge in [0.25, 0.3) is 15.9 Å². The Labute approximate surface area is 175 Å². The number of halogens is 1. The molecular formula is C22H22FN3O3S. The predicted molar refractivity (Wildman–Crippen MR) is 117 cm³/mol. The second-order valence-electron chi connectivity index (χ2n) is 6.98. The zero-order valence-electron chi connectivity index (χ0n) is 16.8. The Morgan fingerprint density at radius 1 is 0.900 bits per heavy atom. The van der Waals surface area contributed by atoms with Crippen LogP contribution in [-0.4, -0.2) is 28.4 Å². The Balaban J connectivity index is 1.83. The molecule has 0 saturated heterocycles. The van der Waals surface area contributed by atoms with E-state index in [0.717, 1.165) is 17.8 Å². The summed E-state index contributed by atoms with van der Waals surface area (Å²) in [5.74, 6) is -0.880. The smallest absolute Gasteiger partial charge is 0.261 e. The molecule has 0 aromatic heterocycles. The van der Waals surface area contributed by atoms with E-state index >= 15 is 0 Å². The molecule has 3 rings (SSSR count). The number of anilines is 3. The van der Waals surface area contributed by atoms with E-state index in [0.29, 0.717) is 11.3 Å². The number of aryl methyl sites for hydroxylation is 1. The van der Waals surface area contributed by atoms with E-state index < -0.39 is 21.7 Å². The average Bonchev–Trinajstić information content (AvgIpc) is 2.70. The Hall–Kier alpha value is -3.39. The first kappa shape index (κ1) is 21.3. The maximum absolute atomic E-state index is 13.0. The van der Waals surface area contributed by atoms with E-state index in [4.69, 9.17) is 0 Å². The van der Waals surface area contributed by atoms with Gasteiger partial charge in [-0.2, -0.15) is 0 Å². The van der Waals surface area contributed by atoms with Crippen LogP contribution in [0.5, 0.6) is 0 Å². The summed E-state index contributed by atoms with van der Waals surface area (Å²) in [7, 11) is -0.106. The summed E-state index contributed by atoms with van der Waals surface area (Å²) in [6.07, 6.45) is 0. The summed E-state index contributed by atoms with van der Waals surface area (Å²) in [6, 6.07) is 16.6. The third-order valence-corrected chi connectivity index (χ3v) is 5.88. The highest BCUT2D eigenvalue weighted by molar-refractivity contribution is 7.92. The van der Waals surface area contributed by atoms with Crippen molar-refractivity contribution in [1.82, 2.24) is 0 Å². The Bertz CT molecular complexity index is 1160. The normalized spacial score (nSPS) is 11.1. The van der Waals surface area contributed by atoms with Crippen molar-refractivity contribution in [3.05, 3.63) is 83.7 Å². The van der Waals surface area contributed by atoms with Crippen LogP contribution in [0, 0.1) is 12.7 Å². The van der Waals surface area contributed by atoms with Gasteiger partial charge in [0.15, 0.2) is 0 Å². The monoisotopic (exact) mass is 427 g/mol. The van der Waals surface area contributed by atoms with Gasteiger partial charge < -0.3 is 10.2 Å². The molecule has 0 heterocycles. The van der Waals surface area contributed by atoms with Crippen molar-refractivity contribution in [2.45, 2.75) is 11.8 Å². The minimum absolute atomic E-state index is 0.0643. The fourth-order valence-corrected chi connectivity index (χ4v) is 3.87. The Morgan fingerprint density at radius 3 is 2.10 bits per heavy atom. The molecule has 6 nitrogen and oxygen atoms in total. The van der Waals surface area contributed by atoms with Crippen LogP contribution in [0.25, 0.3) is 0 Å². The van der Waals surface area contributed by atoms with Gasteiger partial charge in [0.05, 0.1) is 4.90 Å². The van der Waals surface area contributed by atoms with Gasteiger partial charge in [-0.25, -0.2) is 12.8 Å². The van der Waals surface area contributed by atoms with E-state index in [1.54, 1.807) is 25.1 Å². The van der Waals surface area contributed by atoms with Gasteiger partial charge in [0.2, 0.25) is 0 Å². The molecule has 0 bridgehead atoms. The van der Waals surface area contributed by atoms with Gasteiger partial charge >= 0.3 is 0 Å². The lowest BCUT2D eigenvalue weighted by molar-refractivity contribution is 0.102. The fraction of sp³-hybridized carbons (Fsp3) is 0.136. The van der Waals surface area contributed by atoms with Gasteiger partial charge in [0.1, 0.15) is 5.82 Å². The molecular weight excluding hydrogens is 405 g/mol. The van der Waals surface area contributed by atoms with Crippen LogP contribution >= 0.6 is 0 Å². The van der Waals surface area contributed by atoms with E-state index in [2.05, 4.69) is 10.0 Å². The van der Waals surface area contributed by atoms with Crippen molar-refractivity contribution in [1.29, 1.82) is 0 Å².